The van der Waals surface area contributed by atoms with Crippen LogP contribution in [0.2, 0.25) is 0 Å². The molecular formula is C11H18N2O2. The van der Waals surface area contributed by atoms with Crippen LogP contribution in [0.1, 0.15) is 42.7 Å². The van der Waals surface area contributed by atoms with Crippen molar-refractivity contribution >= 4 is 0 Å². The third kappa shape index (κ3) is 2.38. The van der Waals surface area contributed by atoms with Crippen LogP contribution in [0, 0.1) is 6.92 Å². The van der Waals surface area contributed by atoms with Crippen molar-refractivity contribution in [2.45, 2.75) is 38.7 Å². The monoisotopic (exact) mass is 210 g/mol. The first-order chi connectivity index (χ1) is 7.31. The van der Waals surface area contributed by atoms with E-state index in [1.165, 1.54) is 0 Å². The Labute approximate surface area is 89.8 Å². The molecule has 1 saturated heterocycles. The molecule has 15 heavy (non-hydrogen) atoms. The van der Waals surface area contributed by atoms with E-state index < -0.39 is 0 Å². The molecule has 0 aromatic carbocycles. The SMILES string of the molecule is Cc1nc(C2CCCO2)oc1CCCN. The van der Waals surface area contributed by atoms with E-state index in [4.69, 9.17) is 14.9 Å². The van der Waals surface area contributed by atoms with E-state index >= 15 is 0 Å². The molecule has 0 aliphatic carbocycles. The molecule has 4 nitrogen and oxygen atoms in total. The molecule has 2 heterocycles. The molecule has 1 unspecified atom stereocenters. The predicted octanol–water partition coefficient (Wildman–Crippen LogP) is 1.73. The molecule has 84 valence electrons. The van der Waals surface area contributed by atoms with Crippen LogP contribution in [0.3, 0.4) is 0 Å². The molecule has 2 rings (SSSR count). The highest BCUT2D eigenvalue weighted by molar-refractivity contribution is 5.09. The summed E-state index contributed by atoms with van der Waals surface area (Å²) in [5, 5.41) is 0. The average Bonchev–Trinajstić information content (AvgIpc) is 2.83. The van der Waals surface area contributed by atoms with Crippen molar-refractivity contribution in [2.24, 2.45) is 5.73 Å². The third-order valence-electron chi connectivity index (χ3n) is 2.72. The normalized spacial score (nSPS) is 21.1. The van der Waals surface area contributed by atoms with E-state index in [0.717, 1.165) is 49.6 Å². The molecule has 4 heteroatoms. The zero-order valence-electron chi connectivity index (χ0n) is 9.16. The topological polar surface area (TPSA) is 61.3 Å². The van der Waals surface area contributed by atoms with E-state index in [1.807, 2.05) is 6.92 Å². The van der Waals surface area contributed by atoms with Crippen molar-refractivity contribution in [1.29, 1.82) is 0 Å². The Bertz CT molecular complexity index is 316. The summed E-state index contributed by atoms with van der Waals surface area (Å²) in [5.41, 5.74) is 6.45. The first-order valence-electron chi connectivity index (χ1n) is 5.59. The lowest BCUT2D eigenvalue weighted by molar-refractivity contribution is 0.0881. The standard InChI is InChI=1S/C11H18N2O2/c1-8-9(4-2-6-12)15-11(13-8)10-5-3-7-14-10/h10H,2-7,12H2,1H3. The number of rotatable bonds is 4. The van der Waals surface area contributed by atoms with Crippen molar-refractivity contribution in [3.05, 3.63) is 17.3 Å². The molecule has 1 fully saturated rings. The lowest BCUT2D eigenvalue weighted by Gasteiger charge is -2.02. The lowest BCUT2D eigenvalue weighted by atomic mass is 10.2. The Morgan fingerprint density at radius 1 is 1.53 bits per heavy atom. The van der Waals surface area contributed by atoms with E-state index in [-0.39, 0.29) is 6.10 Å². The zero-order valence-corrected chi connectivity index (χ0v) is 9.16. The maximum absolute atomic E-state index is 5.71. The minimum absolute atomic E-state index is 0.0790. The quantitative estimate of drug-likeness (QED) is 0.822. The summed E-state index contributed by atoms with van der Waals surface area (Å²) in [6.45, 7) is 3.49. The van der Waals surface area contributed by atoms with Gasteiger partial charge in [0.05, 0.1) is 5.69 Å². The smallest absolute Gasteiger partial charge is 0.223 e. The summed E-state index contributed by atoms with van der Waals surface area (Å²) in [6.07, 6.45) is 4.03. The molecule has 1 atom stereocenters. The number of ether oxygens (including phenoxy) is 1. The van der Waals surface area contributed by atoms with Crippen LogP contribution >= 0.6 is 0 Å². The molecule has 2 N–H and O–H groups in total. The number of nitrogens with zero attached hydrogens (tertiary/aromatic N) is 1. The molecule has 0 bridgehead atoms. The van der Waals surface area contributed by atoms with Gasteiger partial charge in [-0.3, -0.25) is 0 Å². The Morgan fingerprint density at radius 3 is 3.07 bits per heavy atom. The van der Waals surface area contributed by atoms with Crippen molar-refractivity contribution in [2.75, 3.05) is 13.2 Å². The summed E-state index contributed by atoms with van der Waals surface area (Å²) < 4.78 is 11.2. The maximum atomic E-state index is 5.71. The molecule has 0 amide bonds. The number of nitrogens with two attached hydrogens (primary N) is 1. The molecule has 1 aliphatic heterocycles. The van der Waals surface area contributed by atoms with Gasteiger partial charge in [-0.25, -0.2) is 4.98 Å². The summed E-state index contributed by atoms with van der Waals surface area (Å²) in [4.78, 5) is 4.41. The van der Waals surface area contributed by atoms with Crippen molar-refractivity contribution in [3.63, 3.8) is 0 Å². The van der Waals surface area contributed by atoms with Crippen LogP contribution in [-0.2, 0) is 11.2 Å². The molecule has 0 radical (unpaired) electrons. The Morgan fingerprint density at radius 2 is 2.40 bits per heavy atom. The van der Waals surface area contributed by atoms with Crippen molar-refractivity contribution < 1.29 is 9.15 Å². The third-order valence-corrected chi connectivity index (χ3v) is 2.72. The van der Waals surface area contributed by atoms with Gasteiger partial charge in [-0.1, -0.05) is 0 Å². The molecule has 0 spiro atoms. The van der Waals surface area contributed by atoms with Crippen LogP contribution in [0.4, 0.5) is 0 Å². The number of hydrogen-bond donors (Lipinski definition) is 1. The van der Waals surface area contributed by atoms with E-state index in [2.05, 4.69) is 4.98 Å². The first kappa shape index (κ1) is 10.6. The van der Waals surface area contributed by atoms with Gasteiger partial charge in [-0.15, -0.1) is 0 Å². The lowest BCUT2D eigenvalue weighted by Crippen LogP contribution is -2.00. The highest BCUT2D eigenvalue weighted by atomic mass is 16.5. The van der Waals surface area contributed by atoms with Gasteiger partial charge in [-0.2, -0.15) is 0 Å². The minimum atomic E-state index is 0.0790. The molecule has 1 aliphatic rings. The van der Waals surface area contributed by atoms with Gasteiger partial charge in [-0.05, 0) is 32.7 Å². The first-order valence-corrected chi connectivity index (χ1v) is 5.59. The summed E-state index contributed by atoms with van der Waals surface area (Å²) >= 11 is 0. The number of aryl methyl sites for hydroxylation is 2. The van der Waals surface area contributed by atoms with E-state index in [1.54, 1.807) is 0 Å². The number of oxazole rings is 1. The van der Waals surface area contributed by atoms with Gasteiger partial charge in [0.1, 0.15) is 11.9 Å². The summed E-state index contributed by atoms with van der Waals surface area (Å²) in [6, 6.07) is 0. The van der Waals surface area contributed by atoms with Crippen LogP contribution in [0.5, 0.6) is 0 Å². The minimum Gasteiger partial charge on any atom is -0.443 e. The van der Waals surface area contributed by atoms with Gasteiger partial charge in [0.15, 0.2) is 0 Å². The van der Waals surface area contributed by atoms with Crippen LogP contribution in [-0.4, -0.2) is 18.1 Å². The van der Waals surface area contributed by atoms with Gasteiger partial charge in [0.2, 0.25) is 5.89 Å². The Balaban J connectivity index is 2.06. The second kappa shape index (κ2) is 4.77. The van der Waals surface area contributed by atoms with Crippen LogP contribution in [0.25, 0.3) is 0 Å². The molecule has 1 aromatic rings. The van der Waals surface area contributed by atoms with Gasteiger partial charge < -0.3 is 14.9 Å². The van der Waals surface area contributed by atoms with Gasteiger partial charge in [0.25, 0.3) is 0 Å². The zero-order chi connectivity index (χ0) is 10.7. The maximum Gasteiger partial charge on any atom is 0.223 e. The fraction of sp³-hybridized carbons (Fsp3) is 0.727. The van der Waals surface area contributed by atoms with Crippen molar-refractivity contribution in [1.82, 2.24) is 4.98 Å². The second-order valence-electron chi connectivity index (χ2n) is 3.95. The highest BCUT2D eigenvalue weighted by Gasteiger charge is 2.23. The fourth-order valence-corrected chi connectivity index (χ4v) is 1.86. The molecular weight excluding hydrogens is 192 g/mol. The summed E-state index contributed by atoms with van der Waals surface area (Å²) in [7, 11) is 0. The average molecular weight is 210 g/mol. The van der Waals surface area contributed by atoms with Crippen molar-refractivity contribution in [3.8, 4) is 0 Å². The van der Waals surface area contributed by atoms with Crippen LogP contribution < -0.4 is 5.73 Å². The van der Waals surface area contributed by atoms with E-state index in [0.29, 0.717) is 6.54 Å². The van der Waals surface area contributed by atoms with Crippen LogP contribution in [0.15, 0.2) is 4.42 Å². The Kier molecular flexibility index (Phi) is 3.38. The highest BCUT2D eigenvalue weighted by Crippen LogP contribution is 2.29. The van der Waals surface area contributed by atoms with Gasteiger partial charge >= 0.3 is 0 Å². The van der Waals surface area contributed by atoms with E-state index in [9.17, 15) is 0 Å². The molecule has 1 aromatic heterocycles. The fourth-order valence-electron chi connectivity index (χ4n) is 1.86. The Hall–Kier alpha value is -0.870. The number of aromatic nitrogens is 1. The second-order valence-corrected chi connectivity index (χ2v) is 3.95. The molecule has 0 saturated carbocycles. The van der Waals surface area contributed by atoms with Gasteiger partial charge in [0, 0.05) is 13.0 Å². The predicted molar refractivity (Wildman–Crippen MR) is 56.5 cm³/mol. The number of hydrogen-bond acceptors (Lipinski definition) is 4. The summed E-state index contributed by atoms with van der Waals surface area (Å²) in [5.74, 6) is 1.71. The largest absolute Gasteiger partial charge is 0.443 e.